The van der Waals surface area contributed by atoms with E-state index in [0.29, 0.717) is 6.54 Å². The van der Waals surface area contributed by atoms with Crippen LogP contribution in [-0.2, 0) is 4.79 Å². The van der Waals surface area contributed by atoms with Crippen LogP contribution in [0.2, 0.25) is 0 Å². The van der Waals surface area contributed by atoms with Crippen molar-refractivity contribution >= 4 is 12.0 Å². The maximum atomic E-state index is 11.9. The zero-order valence-corrected chi connectivity index (χ0v) is 12.6. The fourth-order valence-corrected chi connectivity index (χ4v) is 1.95. The van der Waals surface area contributed by atoms with Gasteiger partial charge in [0.25, 0.3) is 0 Å². The molecule has 116 valence electrons. The van der Waals surface area contributed by atoms with Crippen LogP contribution in [0.1, 0.15) is 20.3 Å². The van der Waals surface area contributed by atoms with E-state index in [1.165, 1.54) is 25.8 Å². The molecular weight excluding hydrogens is 260 g/mol. The van der Waals surface area contributed by atoms with E-state index in [9.17, 15) is 9.59 Å². The Kier molecular flexibility index (Phi) is 6.22. The first-order valence-electron chi connectivity index (χ1n) is 7.04. The van der Waals surface area contributed by atoms with Gasteiger partial charge in [0.2, 0.25) is 0 Å². The number of carboxylic acid groups (broad SMARTS) is 1. The Bertz CT molecular complexity index is 341. The number of piperazine rings is 1. The van der Waals surface area contributed by atoms with Crippen LogP contribution < -0.4 is 10.6 Å². The van der Waals surface area contributed by atoms with Gasteiger partial charge in [-0.1, -0.05) is 0 Å². The van der Waals surface area contributed by atoms with Gasteiger partial charge in [0.1, 0.15) is 5.54 Å². The fourth-order valence-electron chi connectivity index (χ4n) is 1.95. The molecule has 0 aliphatic carbocycles. The predicted molar refractivity (Wildman–Crippen MR) is 76.8 cm³/mol. The molecule has 7 nitrogen and oxygen atoms in total. The minimum Gasteiger partial charge on any atom is -0.480 e. The Labute approximate surface area is 120 Å². The number of rotatable bonds is 6. The molecule has 0 aromatic carbocycles. The standard InChI is InChI=1S/C13H26N4O3/c1-13(2,11(18)19)16(3)12(20)15-5-4-8-17-9-6-14-7-10-17/h14H,4-10H2,1-3H3,(H,15,20)(H,18,19). The third-order valence-electron chi connectivity index (χ3n) is 3.80. The Morgan fingerprint density at radius 2 is 1.95 bits per heavy atom. The van der Waals surface area contributed by atoms with E-state index in [1.807, 2.05) is 0 Å². The van der Waals surface area contributed by atoms with Gasteiger partial charge in [-0.15, -0.1) is 0 Å². The first-order valence-corrected chi connectivity index (χ1v) is 7.04. The van der Waals surface area contributed by atoms with E-state index < -0.39 is 11.5 Å². The zero-order chi connectivity index (χ0) is 15.2. The van der Waals surface area contributed by atoms with Crippen molar-refractivity contribution in [1.29, 1.82) is 0 Å². The summed E-state index contributed by atoms with van der Waals surface area (Å²) in [6.45, 7) is 8.64. The first kappa shape index (κ1) is 16.7. The number of nitrogens with zero attached hydrogens (tertiary/aromatic N) is 2. The molecule has 0 aromatic heterocycles. The number of amides is 2. The normalized spacial score (nSPS) is 16.8. The molecule has 0 atom stereocenters. The largest absolute Gasteiger partial charge is 0.480 e. The van der Waals surface area contributed by atoms with Crippen molar-refractivity contribution in [3.63, 3.8) is 0 Å². The highest BCUT2D eigenvalue weighted by Crippen LogP contribution is 2.12. The van der Waals surface area contributed by atoms with Gasteiger partial charge in [-0.3, -0.25) is 0 Å². The number of hydrogen-bond acceptors (Lipinski definition) is 4. The number of urea groups is 1. The smallest absolute Gasteiger partial charge is 0.329 e. The maximum Gasteiger partial charge on any atom is 0.329 e. The highest BCUT2D eigenvalue weighted by Gasteiger charge is 2.35. The second-order valence-corrected chi connectivity index (χ2v) is 5.60. The molecule has 0 spiro atoms. The molecule has 1 aliphatic heterocycles. The van der Waals surface area contributed by atoms with Gasteiger partial charge in [-0.2, -0.15) is 0 Å². The topological polar surface area (TPSA) is 84.9 Å². The molecule has 3 N–H and O–H groups in total. The van der Waals surface area contributed by atoms with Crippen molar-refractivity contribution in [2.75, 3.05) is 46.3 Å². The van der Waals surface area contributed by atoms with Gasteiger partial charge in [0.05, 0.1) is 0 Å². The van der Waals surface area contributed by atoms with Gasteiger partial charge in [0.15, 0.2) is 0 Å². The minimum atomic E-state index is -1.21. The average molecular weight is 286 g/mol. The molecule has 1 rings (SSSR count). The van der Waals surface area contributed by atoms with E-state index >= 15 is 0 Å². The van der Waals surface area contributed by atoms with E-state index in [1.54, 1.807) is 0 Å². The Balaban J connectivity index is 2.24. The predicted octanol–water partition coefficient (Wildman–Crippen LogP) is -0.214. The lowest BCUT2D eigenvalue weighted by Crippen LogP contribution is -2.54. The van der Waals surface area contributed by atoms with Crippen molar-refractivity contribution in [2.24, 2.45) is 0 Å². The van der Waals surface area contributed by atoms with Crippen LogP contribution in [0.5, 0.6) is 0 Å². The third-order valence-corrected chi connectivity index (χ3v) is 3.80. The van der Waals surface area contributed by atoms with E-state index in [4.69, 9.17) is 5.11 Å². The number of hydrogen-bond donors (Lipinski definition) is 3. The molecule has 0 radical (unpaired) electrons. The van der Waals surface area contributed by atoms with Gasteiger partial charge in [-0.05, 0) is 26.8 Å². The van der Waals surface area contributed by atoms with E-state index in [0.717, 1.165) is 39.1 Å². The lowest BCUT2D eigenvalue weighted by molar-refractivity contribution is -0.146. The fraction of sp³-hybridized carbons (Fsp3) is 0.846. The second kappa shape index (κ2) is 7.44. The van der Waals surface area contributed by atoms with Crippen molar-refractivity contribution < 1.29 is 14.7 Å². The number of carboxylic acids is 1. The van der Waals surface area contributed by atoms with E-state index in [2.05, 4.69) is 15.5 Å². The van der Waals surface area contributed by atoms with Gasteiger partial charge < -0.3 is 25.5 Å². The summed E-state index contributed by atoms with van der Waals surface area (Å²) in [5.41, 5.74) is -1.21. The molecule has 1 heterocycles. The summed E-state index contributed by atoms with van der Waals surface area (Å²) in [6.07, 6.45) is 0.868. The van der Waals surface area contributed by atoms with Gasteiger partial charge in [0, 0.05) is 39.8 Å². The first-order chi connectivity index (χ1) is 9.35. The number of aliphatic carboxylic acids is 1. The Morgan fingerprint density at radius 1 is 1.35 bits per heavy atom. The van der Waals surface area contributed by atoms with Crippen LogP contribution in [0.25, 0.3) is 0 Å². The summed E-state index contributed by atoms with van der Waals surface area (Å²) < 4.78 is 0. The monoisotopic (exact) mass is 286 g/mol. The summed E-state index contributed by atoms with van der Waals surface area (Å²) in [5.74, 6) is -1.02. The summed E-state index contributed by atoms with van der Waals surface area (Å²) in [6, 6.07) is -0.349. The second-order valence-electron chi connectivity index (χ2n) is 5.60. The molecule has 7 heteroatoms. The van der Waals surface area contributed by atoms with Crippen molar-refractivity contribution in [2.45, 2.75) is 25.8 Å². The van der Waals surface area contributed by atoms with Crippen LogP contribution in [0.3, 0.4) is 0 Å². The molecule has 2 amide bonds. The quantitative estimate of drug-likeness (QED) is 0.588. The van der Waals surface area contributed by atoms with E-state index in [-0.39, 0.29) is 6.03 Å². The summed E-state index contributed by atoms with van der Waals surface area (Å²) in [7, 11) is 1.50. The molecule has 0 saturated carbocycles. The molecular formula is C13H26N4O3. The molecule has 0 bridgehead atoms. The van der Waals surface area contributed by atoms with Crippen LogP contribution in [0.4, 0.5) is 4.79 Å². The molecule has 0 aromatic rings. The van der Waals surface area contributed by atoms with Gasteiger partial charge in [-0.25, -0.2) is 9.59 Å². The third kappa shape index (κ3) is 4.64. The van der Waals surface area contributed by atoms with Crippen molar-refractivity contribution in [3.8, 4) is 0 Å². The molecule has 0 unspecified atom stereocenters. The average Bonchev–Trinajstić information content (AvgIpc) is 2.43. The summed E-state index contributed by atoms with van der Waals surface area (Å²) >= 11 is 0. The SMILES string of the molecule is CN(C(=O)NCCCN1CCNCC1)C(C)(C)C(=O)O. The number of likely N-dealkylation sites (N-methyl/N-ethyl adjacent to an activating group) is 1. The lowest BCUT2D eigenvalue weighted by atomic mass is 10.1. The highest BCUT2D eigenvalue weighted by molar-refractivity contribution is 5.85. The van der Waals surface area contributed by atoms with Crippen molar-refractivity contribution in [1.82, 2.24) is 20.4 Å². The minimum absolute atomic E-state index is 0.349. The molecule has 20 heavy (non-hydrogen) atoms. The zero-order valence-electron chi connectivity index (χ0n) is 12.6. The molecule has 1 aliphatic rings. The van der Waals surface area contributed by atoms with Crippen LogP contribution in [0, 0.1) is 0 Å². The Morgan fingerprint density at radius 3 is 2.50 bits per heavy atom. The van der Waals surface area contributed by atoms with Crippen LogP contribution in [-0.4, -0.2) is 78.8 Å². The lowest BCUT2D eigenvalue weighted by Gasteiger charge is -2.31. The summed E-state index contributed by atoms with van der Waals surface area (Å²) in [4.78, 5) is 26.5. The van der Waals surface area contributed by atoms with Crippen LogP contribution >= 0.6 is 0 Å². The maximum absolute atomic E-state index is 11.9. The highest BCUT2D eigenvalue weighted by atomic mass is 16.4. The molecule has 1 fully saturated rings. The number of carbonyl (C=O) groups excluding carboxylic acids is 1. The van der Waals surface area contributed by atoms with Crippen molar-refractivity contribution in [3.05, 3.63) is 0 Å². The van der Waals surface area contributed by atoms with Gasteiger partial charge >= 0.3 is 12.0 Å². The number of nitrogens with one attached hydrogen (secondary N) is 2. The number of carbonyl (C=O) groups is 2. The molecule has 1 saturated heterocycles. The summed E-state index contributed by atoms with van der Waals surface area (Å²) in [5, 5.41) is 15.1. The van der Waals surface area contributed by atoms with Crippen LogP contribution in [0.15, 0.2) is 0 Å². The Hall–Kier alpha value is -1.34.